The lowest BCUT2D eigenvalue weighted by Crippen LogP contribution is -2.22. The smallest absolute Gasteiger partial charge is 0.331 e. The molecule has 1 fully saturated rings. The second-order valence-corrected chi connectivity index (χ2v) is 6.83. The molecular formula is C17H26N2O3. The van der Waals surface area contributed by atoms with Crippen LogP contribution in [0.1, 0.15) is 64.5 Å². The molecule has 1 aliphatic rings. The van der Waals surface area contributed by atoms with Crippen LogP contribution in [-0.4, -0.2) is 23.8 Å². The lowest BCUT2D eigenvalue weighted by atomic mass is 9.96. The minimum atomic E-state index is -0.439. The molecule has 5 heteroatoms. The predicted octanol–water partition coefficient (Wildman–Crippen LogP) is 4.03. The molecule has 2 rings (SSSR count). The second kappa shape index (κ2) is 6.99. The number of hydrogen-bond donors (Lipinski definition) is 1. The van der Waals surface area contributed by atoms with E-state index in [0.717, 1.165) is 37.8 Å². The van der Waals surface area contributed by atoms with E-state index in [-0.39, 0.29) is 5.97 Å². The van der Waals surface area contributed by atoms with Crippen LogP contribution in [0.4, 0.5) is 5.88 Å². The molecule has 22 heavy (non-hydrogen) atoms. The van der Waals surface area contributed by atoms with Crippen LogP contribution < -0.4 is 5.32 Å². The molecule has 0 amide bonds. The molecule has 1 N–H and O–H groups in total. The Bertz CT molecular complexity index is 540. The van der Waals surface area contributed by atoms with Gasteiger partial charge in [-0.25, -0.2) is 4.79 Å². The van der Waals surface area contributed by atoms with Crippen LogP contribution in [0.25, 0.3) is 0 Å². The highest BCUT2D eigenvalue weighted by Gasteiger charge is 2.21. The monoisotopic (exact) mass is 306 g/mol. The summed E-state index contributed by atoms with van der Waals surface area (Å²) in [4.78, 5) is 11.9. The number of hydrogen-bond acceptors (Lipinski definition) is 5. The maximum absolute atomic E-state index is 11.9. The lowest BCUT2D eigenvalue weighted by molar-refractivity contribution is -0.148. The van der Waals surface area contributed by atoms with Gasteiger partial charge in [0, 0.05) is 25.1 Å². The molecule has 5 nitrogen and oxygen atoms in total. The summed E-state index contributed by atoms with van der Waals surface area (Å²) in [5.41, 5.74) is 1.74. The summed E-state index contributed by atoms with van der Waals surface area (Å²) in [6.45, 7) is 5.66. The molecule has 1 saturated carbocycles. The second-order valence-electron chi connectivity index (χ2n) is 6.83. The maximum atomic E-state index is 11.9. The van der Waals surface area contributed by atoms with Crippen molar-refractivity contribution in [1.82, 2.24) is 5.16 Å². The third kappa shape index (κ3) is 4.90. The van der Waals surface area contributed by atoms with Crippen molar-refractivity contribution in [2.75, 3.05) is 12.4 Å². The summed E-state index contributed by atoms with van der Waals surface area (Å²) in [6, 6.07) is 1.97. The zero-order valence-electron chi connectivity index (χ0n) is 13.9. The molecule has 1 aromatic rings. The van der Waals surface area contributed by atoms with Crippen molar-refractivity contribution in [2.45, 2.75) is 64.4 Å². The number of anilines is 1. The number of rotatable bonds is 3. The normalized spacial score (nSPS) is 21.5. The van der Waals surface area contributed by atoms with Gasteiger partial charge in [-0.15, -0.1) is 0 Å². The first kappa shape index (κ1) is 16.6. The van der Waals surface area contributed by atoms with Gasteiger partial charge in [0.1, 0.15) is 5.60 Å². The van der Waals surface area contributed by atoms with Gasteiger partial charge in [-0.05, 0) is 52.9 Å². The highest BCUT2D eigenvalue weighted by atomic mass is 16.6. The van der Waals surface area contributed by atoms with Gasteiger partial charge in [0.15, 0.2) is 0 Å². The number of nitrogens with one attached hydrogen (secondary N) is 1. The summed E-state index contributed by atoms with van der Waals surface area (Å²) in [5, 5.41) is 7.10. The number of ether oxygens (including phenoxy) is 1. The van der Waals surface area contributed by atoms with Crippen molar-refractivity contribution < 1.29 is 14.1 Å². The SMILES string of the molecule is CNc1cc(C2CCC/C(=C/C(=O)OC(C)(C)C)CC2)no1. The van der Waals surface area contributed by atoms with Crippen LogP contribution in [0.2, 0.25) is 0 Å². The van der Waals surface area contributed by atoms with Crippen LogP contribution in [0.3, 0.4) is 0 Å². The van der Waals surface area contributed by atoms with Crippen molar-refractivity contribution in [3.8, 4) is 0 Å². The van der Waals surface area contributed by atoms with E-state index in [1.54, 1.807) is 6.08 Å². The van der Waals surface area contributed by atoms with Crippen LogP contribution in [0.5, 0.6) is 0 Å². The number of allylic oxidation sites excluding steroid dienone is 1. The summed E-state index contributed by atoms with van der Waals surface area (Å²) in [5.74, 6) is 0.860. The van der Waals surface area contributed by atoms with Crippen molar-refractivity contribution in [3.63, 3.8) is 0 Å². The van der Waals surface area contributed by atoms with Crippen LogP contribution in [0, 0.1) is 0 Å². The number of carbonyl (C=O) groups excluding carboxylic acids is 1. The highest BCUT2D eigenvalue weighted by molar-refractivity contribution is 5.83. The van der Waals surface area contributed by atoms with Gasteiger partial charge in [0.05, 0.1) is 5.69 Å². The quantitative estimate of drug-likeness (QED) is 0.519. The van der Waals surface area contributed by atoms with E-state index in [1.165, 1.54) is 5.57 Å². The fourth-order valence-electron chi connectivity index (χ4n) is 2.74. The first-order valence-corrected chi connectivity index (χ1v) is 7.94. The van der Waals surface area contributed by atoms with E-state index in [4.69, 9.17) is 9.26 Å². The Morgan fingerprint density at radius 2 is 2.18 bits per heavy atom. The molecule has 0 radical (unpaired) electrons. The van der Waals surface area contributed by atoms with Gasteiger partial charge in [-0.1, -0.05) is 10.7 Å². The van der Waals surface area contributed by atoms with Gasteiger partial charge in [-0.3, -0.25) is 0 Å². The van der Waals surface area contributed by atoms with Crippen molar-refractivity contribution >= 4 is 11.9 Å². The number of nitrogens with zero attached hydrogens (tertiary/aromatic N) is 1. The van der Waals surface area contributed by atoms with Crippen LogP contribution >= 0.6 is 0 Å². The molecule has 0 bridgehead atoms. The van der Waals surface area contributed by atoms with E-state index >= 15 is 0 Å². The van der Waals surface area contributed by atoms with Gasteiger partial charge >= 0.3 is 5.97 Å². The van der Waals surface area contributed by atoms with Gasteiger partial charge in [0.2, 0.25) is 5.88 Å². The Morgan fingerprint density at radius 1 is 1.41 bits per heavy atom. The molecule has 1 atom stereocenters. The molecule has 122 valence electrons. The molecule has 1 heterocycles. The Labute approximate surface area is 132 Å². The van der Waals surface area contributed by atoms with E-state index in [1.807, 2.05) is 33.9 Å². The molecule has 0 aliphatic heterocycles. The van der Waals surface area contributed by atoms with E-state index < -0.39 is 5.60 Å². The number of aromatic nitrogens is 1. The standard InChI is InChI=1S/C17H26N2O3/c1-17(2,3)21-16(20)10-12-6-5-7-13(9-8-12)14-11-15(18-4)22-19-14/h10-11,13,18H,5-9H2,1-4H3/b12-10-. The van der Waals surface area contributed by atoms with Gasteiger partial charge in [-0.2, -0.15) is 0 Å². The molecule has 0 saturated heterocycles. The first-order chi connectivity index (χ1) is 10.4. The predicted molar refractivity (Wildman–Crippen MR) is 85.8 cm³/mol. The highest BCUT2D eigenvalue weighted by Crippen LogP contribution is 2.34. The molecular weight excluding hydrogens is 280 g/mol. The third-order valence-corrected chi connectivity index (χ3v) is 3.79. The Kier molecular flexibility index (Phi) is 5.27. The fraction of sp³-hybridized carbons (Fsp3) is 0.647. The maximum Gasteiger partial charge on any atom is 0.331 e. The molecule has 1 aromatic heterocycles. The summed E-state index contributed by atoms with van der Waals surface area (Å²) in [7, 11) is 1.82. The Morgan fingerprint density at radius 3 is 2.82 bits per heavy atom. The number of esters is 1. The van der Waals surface area contributed by atoms with E-state index in [0.29, 0.717) is 11.8 Å². The number of carbonyl (C=O) groups is 1. The molecule has 0 aromatic carbocycles. The van der Waals surface area contributed by atoms with E-state index in [9.17, 15) is 4.79 Å². The average molecular weight is 306 g/mol. The summed E-state index contributed by atoms with van der Waals surface area (Å²) < 4.78 is 10.6. The largest absolute Gasteiger partial charge is 0.457 e. The third-order valence-electron chi connectivity index (χ3n) is 3.79. The molecule has 1 aliphatic carbocycles. The Hall–Kier alpha value is -1.78. The average Bonchev–Trinajstić information content (AvgIpc) is 2.77. The van der Waals surface area contributed by atoms with Crippen molar-refractivity contribution in [1.29, 1.82) is 0 Å². The molecule has 1 unspecified atom stereocenters. The summed E-state index contributed by atoms with van der Waals surface area (Å²) >= 11 is 0. The zero-order valence-corrected chi connectivity index (χ0v) is 13.9. The molecule has 0 spiro atoms. The first-order valence-electron chi connectivity index (χ1n) is 7.94. The van der Waals surface area contributed by atoms with Gasteiger partial charge < -0.3 is 14.6 Å². The van der Waals surface area contributed by atoms with Crippen LogP contribution in [0.15, 0.2) is 22.2 Å². The Balaban J connectivity index is 1.96. The minimum absolute atomic E-state index is 0.236. The minimum Gasteiger partial charge on any atom is -0.457 e. The topological polar surface area (TPSA) is 64.4 Å². The van der Waals surface area contributed by atoms with Gasteiger partial charge in [0.25, 0.3) is 0 Å². The lowest BCUT2D eigenvalue weighted by Gasteiger charge is -2.18. The summed E-state index contributed by atoms with van der Waals surface area (Å²) in [6.07, 6.45) is 6.65. The van der Waals surface area contributed by atoms with Crippen molar-refractivity contribution in [3.05, 3.63) is 23.4 Å². The fourth-order valence-corrected chi connectivity index (χ4v) is 2.74. The van der Waals surface area contributed by atoms with Crippen molar-refractivity contribution in [2.24, 2.45) is 0 Å². The van der Waals surface area contributed by atoms with E-state index in [2.05, 4.69) is 10.5 Å². The van der Waals surface area contributed by atoms with Crippen LogP contribution in [-0.2, 0) is 9.53 Å². The zero-order chi connectivity index (χ0) is 16.2.